The number of hydrogen-bond donors (Lipinski definition) is 2. The number of fused-ring (bicyclic) bond motifs is 1. The van der Waals surface area contributed by atoms with E-state index in [0.717, 1.165) is 11.4 Å². The maximum atomic E-state index is 15.3. The zero-order valence-corrected chi connectivity index (χ0v) is 23.2. The van der Waals surface area contributed by atoms with Gasteiger partial charge in [0, 0.05) is 17.7 Å². The van der Waals surface area contributed by atoms with Crippen molar-refractivity contribution >= 4 is 29.2 Å². The maximum absolute atomic E-state index is 15.3. The molecule has 7 nitrogen and oxygen atoms in total. The normalized spacial score (nSPS) is 35.9. The number of aryl methyl sites for hydroxylation is 1. The van der Waals surface area contributed by atoms with Gasteiger partial charge in [-0.3, -0.25) is 9.59 Å². The topological polar surface area (TPSA) is 109 Å². The van der Waals surface area contributed by atoms with Gasteiger partial charge in [0.1, 0.15) is 11.6 Å². The van der Waals surface area contributed by atoms with Crippen LogP contribution in [0.2, 0.25) is 0 Å². The number of ketones is 1. The summed E-state index contributed by atoms with van der Waals surface area (Å²) in [5.41, 5.74) is -1.39. The minimum Gasteiger partial charge on any atom is -0.455 e. The Morgan fingerprint density at radius 3 is 2.65 bits per heavy atom. The molecule has 0 amide bonds. The number of aromatic nitrogens is 1. The number of rotatable bonds is 4. The van der Waals surface area contributed by atoms with Gasteiger partial charge in [0.05, 0.1) is 46.5 Å². The Morgan fingerprint density at radius 1 is 1.32 bits per heavy atom. The highest BCUT2D eigenvalue weighted by Gasteiger charge is 2.53. The SMILES string of the molecule is C=CC[C@H]1C(=O)C(C)(C)[C@@H](O)CC(=O)O[C@H](/C(F)=C/c2csc(C)n2)C[C@H]2O[C@]2(C)CCC[C@@H](C)[C@H]1O. The van der Waals surface area contributed by atoms with Crippen LogP contribution in [0.5, 0.6) is 0 Å². The van der Waals surface area contributed by atoms with Crippen molar-refractivity contribution in [3.63, 3.8) is 0 Å². The van der Waals surface area contributed by atoms with Gasteiger partial charge in [-0.1, -0.05) is 33.3 Å². The number of aliphatic hydroxyl groups is 2. The van der Waals surface area contributed by atoms with Gasteiger partial charge < -0.3 is 19.7 Å². The molecule has 0 spiro atoms. The molecule has 7 atom stereocenters. The first-order valence-electron chi connectivity index (χ1n) is 13.0. The molecule has 2 aliphatic heterocycles. The van der Waals surface area contributed by atoms with E-state index in [1.165, 1.54) is 17.4 Å². The van der Waals surface area contributed by atoms with Crippen molar-refractivity contribution in [2.45, 2.75) is 103 Å². The van der Waals surface area contributed by atoms with Crippen LogP contribution in [0.3, 0.4) is 0 Å². The van der Waals surface area contributed by atoms with Crippen molar-refractivity contribution in [2.24, 2.45) is 17.3 Å². The van der Waals surface area contributed by atoms with Crippen LogP contribution in [0.4, 0.5) is 4.39 Å². The molecule has 3 rings (SSSR count). The van der Waals surface area contributed by atoms with Gasteiger partial charge in [0.2, 0.25) is 0 Å². The third kappa shape index (κ3) is 7.13. The highest BCUT2D eigenvalue weighted by Crippen LogP contribution is 2.45. The number of thiazole rings is 1. The first-order chi connectivity index (χ1) is 17.3. The fourth-order valence-electron chi connectivity index (χ4n) is 5.09. The second-order valence-electron chi connectivity index (χ2n) is 11.3. The van der Waals surface area contributed by atoms with Crippen molar-refractivity contribution in [2.75, 3.05) is 0 Å². The highest BCUT2D eigenvalue weighted by atomic mass is 32.1. The largest absolute Gasteiger partial charge is 0.455 e. The number of hydrogen-bond acceptors (Lipinski definition) is 8. The lowest BCUT2D eigenvalue weighted by molar-refractivity contribution is -0.155. The van der Waals surface area contributed by atoms with Crippen molar-refractivity contribution < 1.29 is 33.7 Å². The van der Waals surface area contributed by atoms with Crippen molar-refractivity contribution in [3.05, 3.63) is 34.6 Å². The van der Waals surface area contributed by atoms with Crippen molar-refractivity contribution in [1.29, 1.82) is 0 Å². The first kappa shape index (κ1) is 29.6. The minimum absolute atomic E-state index is 0.131. The van der Waals surface area contributed by atoms with Crippen LogP contribution in [0.15, 0.2) is 23.9 Å². The predicted octanol–water partition coefficient (Wildman–Crippen LogP) is 4.94. The summed E-state index contributed by atoms with van der Waals surface area (Å²) in [5.74, 6) is -2.75. The van der Waals surface area contributed by atoms with Gasteiger partial charge in [0.15, 0.2) is 6.10 Å². The lowest BCUT2D eigenvalue weighted by Gasteiger charge is -2.35. The van der Waals surface area contributed by atoms with E-state index in [1.54, 1.807) is 25.3 Å². The maximum Gasteiger partial charge on any atom is 0.309 e. The average molecular weight is 538 g/mol. The van der Waals surface area contributed by atoms with Gasteiger partial charge in [-0.15, -0.1) is 17.9 Å². The summed E-state index contributed by atoms with van der Waals surface area (Å²) in [4.78, 5) is 30.6. The Hall–Kier alpha value is -1.94. The van der Waals surface area contributed by atoms with E-state index < -0.39 is 53.5 Å². The molecule has 2 saturated heterocycles. The zero-order valence-electron chi connectivity index (χ0n) is 22.4. The van der Waals surface area contributed by atoms with Crippen LogP contribution in [-0.2, 0) is 19.1 Å². The molecular weight excluding hydrogens is 497 g/mol. The highest BCUT2D eigenvalue weighted by molar-refractivity contribution is 7.09. The van der Waals surface area contributed by atoms with Crippen molar-refractivity contribution in [3.8, 4) is 0 Å². The van der Waals surface area contributed by atoms with E-state index in [0.29, 0.717) is 18.5 Å². The molecule has 1 aromatic rings. The number of nitrogens with zero attached hydrogens (tertiary/aromatic N) is 1. The number of aliphatic hydroxyl groups excluding tert-OH is 2. The molecule has 2 aliphatic rings. The van der Waals surface area contributed by atoms with Gasteiger partial charge >= 0.3 is 5.97 Å². The smallest absolute Gasteiger partial charge is 0.309 e. The van der Waals surface area contributed by atoms with Crippen molar-refractivity contribution in [1.82, 2.24) is 4.98 Å². The second-order valence-corrected chi connectivity index (χ2v) is 12.3. The van der Waals surface area contributed by atoms with Gasteiger partial charge in [0.25, 0.3) is 0 Å². The summed E-state index contributed by atoms with van der Waals surface area (Å²) in [6, 6.07) is 0. The Labute approximate surface area is 222 Å². The summed E-state index contributed by atoms with van der Waals surface area (Å²) in [6.07, 6.45) is 1.04. The molecule has 37 heavy (non-hydrogen) atoms. The molecule has 0 saturated carbocycles. The van der Waals surface area contributed by atoms with Crippen LogP contribution >= 0.6 is 11.3 Å². The Balaban J connectivity index is 1.88. The summed E-state index contributed by atoms with van der Waals surface area (Å²) in [7, 11) is 0. The minimum atomic E-state index is -1.38. The number of allylic oxidation sites excluding steroid dienone is 1. The fourth-order valence-corrected chi connectivity index (χ4v) is 5.66. The molecule has 0 bridgehead atoms. The van der Waals surface area contributed by atoms with E-state index in [1.807, 2.05) is 20.8 Å². The number of Topliss-reactive ketones (excluding diaryl/α,β-unsaturated/α-hetero) is 1. The molecule has 206 valence electrons. The quantitative estimate of drug-likeness (QED) is 0.318. The lowest BCUT2D eigenvalue weighted by Crippen LogP contribution is -2.46. The molecule has 2 fully saturated rings. The van der Waals surface area contributed by atoms with Crippen LogP contribution in [-0.4, -0.2) is 57.0 Å². The van der Waals surface area contributed by atoms with E-state index in [9.17, 15) is 19.8 Å². The molecule has 9 heteroatoms. The predicted molar refractivity (Wildman–Crippen MR) is 140 cm³/mol. The summed E-state index contributed by atoms with van der Waals surface area (Å²) >= 11 is 1.39. The van der Waals surface area contributed by atoms with E-state index in [4.69, 9.17) is 9.47 Å². The number of esters is 1. The number of cyclic esters (lactones) is 1. The third-order valence-corrected chi connectivity index (χ3v) is 8.67. The molecule has 2 N–H and O–H groups in total. The standard InChI is InChI=1S/C28H40FNO6S/c1-7-9-19-25(33)16(2)10-8-11-28(6)23(36-28)13-21(20(29)12-18-15-37-17(3)30-18)35-24(32)14-22(31)27(4,5)26(19)34/h7,12,15-16,19,21-23,25,31,33H,1,8-11,13-14H2,2-6H3/b20-12-/t16-,19-,21+,22+,23-,25-,28-/m1/s1. The molecular formula is C28H40FNO6S. The lowest BCUT2D eigenvalue weighted by atomic mass is 9.71. The van der Waals surface area contributed by atoms with Gasteiger partial charge in [-0.05, 0) is 45.1 Å². The number of ether oxygens (including phenoxy) is 2. The number of carbonyl (C=O) groups excluding carboxylic acids is 2. The Bertz CT molecular complexity index is 1020. The van der Waals surface area contributed by atoms with Crippen LogP contribution in [0.1, 0.15) is 76.9 Å². The number of epoxide rings is 1. The van der Waals surface area contributed by atoms with E-state index >= 15 is 4.39 Å². The van der Waals surface area contributed by atoms with E-state index in [2.05, 4.69) is 11.6 Å². The fraction of sp³-hybridized carbons (Fsp3) is 0.679. The average Bonchev–Trinajstić information content (AvgIpc) is 3.27. The summed E-state index contributed by atoms with van der Waals surface area (Å²) in [6.45, 7) is 12.5. The Kier molecular flexibility index (Phi) is 9.48. The molecule has 0 unspecified atom stereocenters. The molecule has 0 aromatic carbocycles. The Morgan fingerprint density at radius 2 is 2.03 bits per heavy atom. The zero-order chi connectivity index (χ0) is 27.5. The molecule has 1 aromatic heterocycles. The number of carbonyl (C=O) groups is 2. The summed E-state index contributed by atoms with van der Waals surface area (Å²) in [5, 5.41) is 24.5. The molecule has 0 aliphatic carbocycles. The first-order valence-corrected chi connectivity index (χ1v) is 13.8. The van der Waals surface area contributed by atoms with Crippen LogP contribution < -0.4 is 0 Å². The summed E-state index contributed by atoms with van der Waals surface area (Å²) < 4.78 is 26.8. The number of halogens is 1. The monoisotopic (exact) mass is 537 g/mol. The molecule has 3 heterocycles. The molecule has 0 radical (unpaired) electrons. The van der Waals surface area contributed by atoms with Crippen LogP contribution in [0.25, 0.3) is 6.08 Å². The van der Waals surface area contributed by atoms with E-state index in [-0.39, 0.29) is 30.6 Å². The third-order valence-electron chi connectivity index (χ3n) is 7.88. The second kappa shape index (κ2) is 11.8. The van der Waals surface area contributed by atoms with Crippen LogP contribution in [0, 0.1) is 24.2 Å². The van der Waals surface area contributed by atoms with Gasteiger partial charge in [-0.2, -0.15) is 0 Å². The van der Waals surface area contributed by atoms with Gasteiger partial charge in [-0.25, -0.2) is 9.37 Å².